The number of benzene rings is 2. The number of rotatable bonds is 10. The van der Waals surface area contributed by atoms with E-state index in [2.05, 4.69) is 5.32 Å². The average molecular weight is 407 g/mol. The SMILES string of the molecule is COC[C@@H](C)NC(=O)COc1ccc(N(Cc2ccccc2)S(C)(=O)=O)cc1. The summed E-state index contributed by atoms with van der Waals surface area (Å²) >= 11 is 0. The Bertz CT molecular complexity index is 854. The number of hydrogen-bond acceptors (Lipinski definition) is 5. The zero-order valence-electron chi connectivity index (χ0n) is 16.3. The van der Waals surface area contributed by atoms with Crippen LogP contribution >= 0.6 is 0 Å². The van der Waals surface area contributed by atoms with Crippen LogP contribution in [-0.2, 0) is 26.1 Å². The first-order valence-corrected chi connectivity index (χ1v) is 10.7. The number of sulfonamides is 1. The topological polar surface area (TPSA) is 84.9 Å². The molecule has 7 nitrogen and oxygen atoms in total. The van der Waals surface area contributed by atoms with Crippen molar-refractivity contribution in [3.05, 3.63) is 60.2 Å². The van der Waals surface area contributed by atoms with E-state index >= 15 is 0 Å². The molecule has 1 amide bonds. The van der Waals surface area contributed by atoms with Crippen molar-refractivity contribution in [2.24, 2.45) is 0 Å². The molecule has 0 saturated carbocycles. The van der Waals surface area contributed by atoms with Gasteiger partial charge in [-0.25, -0.2) is 8.42 Å². The van der Waals surface area contributed by atoms with E-state index in [9.17, 15) is 13.2 Å². The fraction of sp³-hybridized carbons (Fsp3) is 0.350. The molecule has 2 aromatic rings. The van der Waals surface area contributed by atoms with Gasteiger partial charge in [0, 0.05) is 13.2 Å². The van der Waals surface area contributed by atoms with E-state index in [-0.39, 0.29) is 25.1 Å². The smallest absolute Gasteiger partial charge is 0.258 e. The van der Waals surface area contributed by atoms with Crippen LogP contribution < -0.4 is 14.4 Å². The lowest BCUT2D eigenvalue weighted by molar-refractivity contribution is -0.124. The molecule has 0 aromatic heterocycles. The number of amides is 1. The quantitative estimate of drug-likeness (QED) is 0.654. The van der Waals surface area contributed by atoms with Gasteiger partial charge in [0.1, 0.15) is 5.75 Å². The lowest BCUT2D eigenvalue weighted by Crippen LogP contribution is -2.38. The zero-order valence-corrected chi connectivity index (χ0v) is 17.1. The summed E-state index contributed by atoms with van der Waals surface area (Å²) in [6.45, 7) is 2.36. The maximum Gasteiger partial charge on any atom is 0.258 e. The van der Waals surface area contributed by atoms with Crippen molar-refractivity contribution in [3.63, 3.8) is 0 Å². The molecule has 0 radical (unpaired) electrons. The number of nitrogens with one attached hydrogen (secondary N) is 1. The lowest BCUT2D eigenvalue weighted by atomic mass is 10.2. The second kappa shape index (κ2) is 10.1. The van der Waals surface area contributed by atoms with E-state index in [4.69, 9.17) is 9.47 Å². The number of carbonyl (C=O) groups excluding carboxylic acids is 1. The number of anilines is 1. The minimum Gasteiger partial charge on any atom is -0.484 e. The van der Waals surface area contributed by atoms with Crippen molar-refractivity contribution >= 4 is 21.6 Å². The highest BCUT2D eigenvalue weighted by molar-refractivity contribution is 7.92. The van der Waals surface area contributed by atoms with Crippen LogP contribution in [0.3, 0.4) is 0 Å². The molecule has 0 bridgehead atoms. The molecule has 0 aliphatic rings. The maximum atomic E-state index is 12.2. The van der Waals surface area contributed by atoms with Crippen molar-refractivity contribution in [1.82, 2.24) is 5.32 Å². The highest BCUT2D eigenvalue weighted by Crippen LogP contribution is 2.23. The van der Waals surface area contributed by atoms with Gasteiger partial charge in [-0.1, -0.05) is 30.3 Å². The van der Waals surface area contributed by atoms with Gasteiger partial charge in [-0.3, -0.25) is 9.10 Å². The van der Waals surface area contributed by atoms with E-state index in [0.717, 1.165) is 5.56 Å². The summed E-state index contributed by atoms with van der Waals surface area (Å²) in [5.74, 6) is 0.224. The summed E-state index contributed by atoms with van der Waals surface area (Å²) in [7, 11) is -1.89. The largest absolute Gasteiger partial charge is 0.484 e. The van der Waals surface area contributed by atoms with Crippen LogP contribution in [-0.4, -0.2) is 46.9 Å². The lowest BCUT2D eigenvalue weighted by Gasteiger charge is -2.22. The average Bonchev–Trinajstić information content (AvgIpc) is 2.65. The van der Waals surface area contributed by atoms with Gasteiger partial charge in [-0.15, -0.1) is 0 Å². The fourth-order valence-corrected chi connectivity index (χ4v) is 3.50. The Morgan fingerprint density at radius 1 is 1.11 bits per heavy atom. The van der Waals surface area contributed by atoms with Crippen molar-refractivity contribution in [2.45, 2.75) is 19.5 Å². The summed E-state index contributed by atoms with van der Waals surface area (Å²) in [5, 5.41) is 2.75. The molecule has 0 spiro atoms. The van der Waals surface area contributed by atoms with Crippen LogP contribution in [0.5, 0.6) is 5.75 Å². The number of ether oxygens (including phenoxy) is 2. The highest BCUT2D eigenvalue weighted by Gasteiger charge is 2.18. The van der Waals surface area contributed by atoms with Crippen molar-refractivity contribution in [1.29, 1.82) is 0 Å². The van der Waals surface area contributed by atoms with Crippen molar-refractivity contribution in [2.75, 3.05) is 30.9 Å². The van der Waals surface area contributed by atoms with Crippen LogP contribution in [0.25, 0.3) is 0 Å². The number of methoxy groups -OCH3 is 1. The molecule has 1 N–H and O–H groups in total. The van der Waals surface area contributed by atoms with Crippen LogP contribution in [0.2, 0.25) is 0 Å². The molecule has 0 heterocycles. The van der Waals surface area contributed by atoms with E-state index < -0.39 is 10.0 Å². The molecular weight excluding hydrogens is 380 g/mol. The Labute approximate surface area is 166 Å². The highest BCUT2D eigenvalue weighted by atomic mass is 32.2. The molecule has 0 fully saturated rings. The van der Waals surface area contributed by atoms with Crippen molar-refractivity contribution in [3.8, 4) is 5.75 Å². The van der Waals surface area contributed by atoms with Gasteiger partial charge >= 0.3 is 0 Å². The number of hydrogen-bond donors (Lipinski definition) is 1. The first-order chi connectivity index (χ1) is 13.3. The predicted molar refractivity (Wildman–Crippen MR) is 109 cm³/mol. The van der Waals surface area contributed by atoms with Crippen LogP contribution in [0.4, 0.5) is 5.69 Å². The predicted octanol–water partition coefficient (Wildman–Crippen LogP) is 2.18. The monoisotopic (exact) mass is 406 g/mol. The summed E-state index contributed by atoms with van der Waals surface area (Å²) in [5.41, 5.74) is 1.41. The Balaban J connectivity index is 2.01. The standard InChI is InChI=1S/C20H26N2O5S/c1-16(14-26-2)21-20(23)15-27-19-11-9-18(10-12-19)22(28(3,24)25)13-17-7-5-4-6-8-17/h4-12,16H,13-15H2,1-3H3,(H,21,23)/t16-/m1/s1. The van der Waals surface area contributed by atoms with Gasteiger partial charge in [-0.05, 0) is 36.8 Å². The summed E-state index contributed by atoms with van der Waals surface area (Å²) in [6.07, 6.45) is 1.17. The van der Waals surface area contributed by atoms with Crippen molar-refractivity contribution < 1.29 is 22.7 Å². The van der Waals surface area contributed by atoms with Gasteiger partial charge in [0.15, 0.2) is 6.61 Å². The molecule has 0 unspecified atom stereocenters. The first kappa shape index (κ1) is 21.7. The molecular formula is C20H26N2O5S. The zero-order chi connectivity index (χ0) is 20.6. The van der Waals surface area contributed by atoms with E-state index in [1.54, 1.807) is 31.4 Å². The molecule has 1 atom stereocenters. The third-order valence-corrected chi connectivity index (χ3v) is 5.03. The number of nitrogens with zero attached hydrogens (tertiary/aromatic N) is 1. The molecule has 2 aromatic carbocycles. The summed E-state index contributed by atoms with van der Waals surface area (Å²) < 4.78 is 36.2. The summed E-state index contributed by atoms with van der Waals surface area (Å²) in [4.78, 5) is 11.8. The minimum absolute atomic E-state index is 0.107. The second-order valence-electron chi connectivity index (χ2n) is 6.46. The van der Waals surface area contributed by atoms with Gasteiger partial charge in [0.2, 0.25) is 10.0 Å². The van der Waals surface area contributed by atoms with E-state index in [1.807, 2.05) is 37.3 Å². The fourth-order valence-electron chi connectivity index (χ4n) is 2.61. The Kier molecular flexibility index (Phi) is 7.83. The van der Waals surface area contributed by atoms with Gasteiger partial charge in [0.05, 0.1) is 25.1 Å². The third kappa shape index (κ3) is 6.86. The van der Waals surface area contributed by atoms with Crippen LogP contribution in [0.15, 0.2) is 54.6 Å². The van der Waals surface area contributed by atoms with Crippen LogP contribution in [0, 0.1) is 0 Å². The normalized spacial score (nSPS) is 12.2. The molecule has 152 valence electrons. The van der Waals surface area contributed by atoms with Gasteiger partial charge < -0.3 is 14.8 Å². The molecule has 0 aliphatic heterocycles. The Morgan fingerprint density at radius 3 is 2.32 bits per heavy atom. The van der Waals surface area contributed by atoms with E-state index in [0.29, 0.717) is 18.0 Å². The van der Waals surface area contributed by atoms with Gasteiger partial charge in [0.25, 0.3) is 5.91 Å². The molecule has 0 aliphatic carbocycles. The first-order valence-electron chi connectivity index (χ1n) is 8.82. The van der Waals surface area contributed by atoms with Gasteiger partial charge in [-0.2, -0.15) is 0 Å². The van der Waals surface area contributed by atoms with Crippen LogP contribution in [0.1, 0.15) is 12.5 Å². The molecule has 2 rings (SSSR count). The second-order valence-corrected chi connectivity index (χ2v) is 8.37. The Morgan fingerprint density at radius 2 is 1.75 bits per heavy atom. The molecule has 8 heteroatoms. The maximum absolute atomic E-state index is 12.2. The van der Waals surface area contributed by atoms with E-state index in [1.165, 1.54) is 10.6 Å². The minimum atomic E-state index is -3.46. The molecule has 0 saturated heterocycles. The Hall–Kier alpha value is -2.58. The number of carbonyl (C=O) groups is 1. The summed E-state index contributed by atoms with van der Waals surface area (Å²) in [6, 6.07) is 15.9. The third-order valence-electron chi connectivity index (χ3n) is 3.89. The molecule has 28 heavy (non-hydrogen) atoms.